The standard InChI is InChI=1S/C14H28O5Si/c1-9-13(18-10(2)15)11(8-12(16)17-9)19-20(6,7)14(3,4)5/h9,11-13,16H,8H2,1-7H3/t9-,11-,12?,13-/m0/s1. The van der Waals surface area contributed by atoms with Crippen molar-refractivity contribution in [3.63, 3.8) is 0 Å². The molecule has 5 nitrogen and oxygen atoms in total. The smallest absolute Gasteiger partial charge is 0.303 e. The molecule has 1 aliphatic heterocycles. The van der Waals surface area contributed by atoms with E-state index in [0.717, 1.165) is 0 Å². The predicted octanol–water partition coefficient (Wildman–Crippen LogP) is 2.44. The van der Waals surface area contributed by atoms with Crippen LogP contribution in [0.25, 0.3) is 0 Å². The molecule has 0 bridgehead atoms. The summed E-state index contributed by atoms with van der Waals surface area (Å²) in [5.74, 6) is -0.356. The average molecular weight is 304 g/mol. The van der Waals surface area contributed by atoms with Crippen molar-refractivity contribution >= 4 is 14.3 Å². The largest absolute Gasteiger partial charge is 0.457 e. The van der Waals surface area contributed by atoms with Crippen LogP contribution >= 0.6 is 0 Å². The SMILES string of the molecule is CC(=O)O[C@H]1[C@H](C)OC(O)C[C@@H]1O[Si](C)(C)C(C)(C)C. The Morgan fingerprint density at radius 2 is 1.90 bits per heavy atom. The van der Waals surface area contributed by atoms with E-state index in [2.05, 4.69) is 33.9 Å². The van der Waals surface area contributed by atoms with Crippen molar-refractivity contribution in [1.29, 1.82) is 0 Å². The summed E-state index contributed by atoms with van der Waals surface area (Å²) in [5, 5.41) is 9.83. The van der Waals surface area contributed by atoms with E-state index in [0.29, 0.717) is 6.42 Å². The molecule has 1 N–H and O–H groups in total. The Kier molecular flexibility index (Phi) is 5.40. The molecule has 6 heteroatoms. The molecule has 118 valence electrons. The quantitative estimate of drug-likeness (QED) is 0.641. The number of aliphatic hydroxyl groups excluding tert-OH is 1. The first kappa shape index (κ1) is 17.6. The maximum absolute atomic E-state index is 11.3. The van der Waals surface area contributed by atoms with Crippen LogP contribution in [0.1, 0.15) is 41.0 Å². The molecular weight excluding hydrogens is 276 g/mol. The number of hydrogen-bond acceptors (Lipinski definition) is 5. The maximum Gasteiger partial charge on any atom is 0.303 e. The van der Waals surface area contributed by atoms with Crippen molar-refractivity contribution in [2.24, 2.45) is 0 Å². The fourth-order valence-electron chi connectivity index (χ4n) is 2.05. The van der Waals surface area contributed by atoms with Gasteiger partial charge in [0.05, 0.1) is 12.2 Å². The molecule has 0 aromatic carbocycles. The minimum atomic E-state index is -2.00. The highest BCUT2D eigenvalue weighted by molar-refractivity contribution is 6.74. The first-order valence-electron chi connectivity index (χ1n) is 7.12. The Hall–Kier alpha value is -0.433. The minimum Gasteiger partial charge on any atom is -0.457 e. The number of hydrogen-bond donors (Lipinski definition) is 1. The number of carbonyl (C=O) groups is 1. The van der Waals surface area contributed by atoms with E-state index in [1.54, 1.807) is 6.92 Å². The highest BCUT2D eigenvalue weighted by Crippen LogP contribution is 2.39. The second-order valence-corrected chi connectivity index (χ2v) is 11.8. The van der Waals surface area contributed by atoms with Crippen LogP contribution in [0.3, 0.4) is 0 Å². The van der Waals surface area contributed by atoms with E-state index in [4.69, 9.17) is 13.9 Å². The highest BCUT2D eigenvalue weighted by atomic mass is 28.4. The molecule has 1 saturated heterocycles. The van der Waals surface area contributed by atoms with Crippen LogP contribution in [-0.4, -0.2) is 44.0 Å². The number of aliphatic hydroxyl groups is 1. The molecule has 20 heavy (non-hydrogen) atoms. The molecule has 0 aromatic heterocycles. The summed E-state index contributed by atoms with van der Waals surface area (Å²) in [6.07, 6.45) is -1.71. The van der Waals surface area contributed by atoms with Gasteiger partial charge in [-0.1, -0.05) is 20.8 Å². The number of carbonyl (C=O) groups excluding carboxylic acids is 1. The molecule has 1 unspecified atom stereocenters. The molecule has 0 spiro atoms. The van der Waals surface area contributed by atoms with Gasteiger partial charge in [0.25, 0.3) is 0 Å². The molecule has 4 atom stereocenters. The summed E-state index contributed by atoms with van der Waals surface area (Å²) in [7, 11) is -2.00. The van der Waals surface area contributed by atoms with Crippen molar-refractivity contribution in [1.82, 2.24) is 0 Å². The van der Waals surface area contributed by atoms with Crippen molar-refractivity contribution in [3.8, 4) is 0 Å². The second-order valence-electron chi connectivity index (χ2n) is 7.02. The lowest BCUT2D eigenvalue weighted by molar-refractivity contribution is -0.233. The zero-order chi connectivity index (χ0) is 15.7. The van der Waals surface area contributed by atoms with Crippen molar-refractivity contribution in [2.45, 2.75) is 83.8 Å². The van der Waals surface area contributed by atoms with Crippen molar-refractivity contribution in [3.05, 3.63) is 0 Å². The molecule has 0 saturated carbocycles. The van der Waals surface area contributed by atoms with Gasteiger partial charge in [-0.25, -0.2) is 0 Å². The normalized spacial score (nSPS) is 32.0. The topological polar surface area (TPSA) is 65.0 Å². The third-order valence-electron chi connectivity index (χ3n) is 4.19. The molecule has 0 aliphatic carbocycles. The lowest BCUT2D eigenvalue weighted by Crippen LogP contribution is -2.55. The van der Waals surface area contributed by atoms with Crippen LogP contribution in [0.4, 0.5) is 0 Å². The zero-order valence-corrected chi connectivity index (χ0v) is 14.6. The summed E-state index contributed by atoms with van der Waals surface area (Å²) in [6, 6.07) is 0. The first-order valence-corrected chi connectivity index (χ1v) is 10.0. The molecule has 1 heterocycles. The Morgan fingerprint density at radius 3 is 2.35 bits per heavy atom. The predicted molar refractivity (Wildman–Crippen MR) is 78.8 cm³/mol. The van der Waals surface area contributed by atoms with Gasteiger partial charge in [0.15, 0.2) is 20.7 Å². The van der Waals surface area contributed by atoms with E-state index in [1.165, 1.54) is 6.92 Å². The van der Waals surface area contributed by atoms with Gasteiger partial charge in [-0.2, -0.15) is 0 Å². The Bertz CT molecular complexity index is 350. The van der Waals surface area contributed by atoms with Crippen LogP contribution in [0, 0.1) is 0 Å². The van der Waals surface area contributed by atoms with Gasteiger partial charge in [0.1, 0.15) is 0 Å². The van der Waals surface area contributed by atoms with Crippen LogP contribution < -0.4 is 0 Å². The van der Waals surface area contributed by atoms with E-state index in [1.807, 2.05) is 0 Å². The molecule has 0 aromatic rings. The third-order valence-corrected chi connectivity index (χ3v) is 8.69. The van der Waals surface area contributed by atoms with Crippen LogP contribution in [0.5, 0.6) is 0 Å². The lowest BCUT2D eigenvalue weighted by atomic mass is 10.0. The number of esters is 1. The molecular formula is C14H28O5Si. The first-order chi connectivity index (χ1) is 8.94. The van der Waals surface area contributed by atoms with E-state index in [9.17, 15) is 9.90 Å². The Morgan fingerprint density at radius 1 is 1.35 bits per heavy atom. The molecule has 1 aliphatic rings. The van der Waals surface area contributed by atoms with Gasteiger partial charge in [-0.3, -0.25) is 4.79 Å². The van der Waals surface area contributed by atoms with Crippen molar-refractivity contribution in [2.75, 3.05) is 0 Å². The number of rotatable bonds is 3. The molecule has 1 fully saturated rings. The third kappa shape index (κ3) is 4.28. The van der Waals surface area contributed by atoms with Gasteiger partial charge in [-0.05, 0) is 25.1 Å². The zero-order valence-electron chi connectivity index (χ0n) is 13.6. The maximum atomic E-state index is 11.3. The van der Waals surface area contributed by atoms with E-state index >= 15 is 0 Å². The molecule has 0 amide bonds. The van der Waals surface area contributed by atoms with Crippen molar-refractivity contribution < 1.29 is 23.8 Å². The Labute approximate surface area is 122 Å². The summed E-state index contributed by atoms with van der Waals surface area (Å²) in [5.41, 5.74) is 0. The fourth-order valence-corrected chi connectivity index (χ4v) is 3.39. The van der Waals surface area contributed by atoms with Gasteiger partial charge in [0, 0.05) is 13.3 Å². The van der Waals surface area contributed by atoms with Gasteiger partial charge >= 0.3 is 5.97 Å². The Balaban J connectivity index is 2.89. The second kappa shape index (κ2) is 6.13. The van der Waals surface area contributed by atoms with Crippen LogP contribution in [-0.2, 0) is 18.7 Å². The summed E-state index contributed by atoms with van der Waals surface area (Å²) >= 11 is 0. The van der Waals surface area contributed by atoms with Gasteiger partial charge < -0.3 is 19.0 Å². The monoisotopic (exact) mass is 304 g/mol. The summed E-state index contributed by atoms with van der Waals surface area (Å²) in [6.45, 7) is 13.9. The minimum absolute atomic E-state index is 0.0558. The highest BCUT2D eigenvalue weighted by Gasteiger charge is 2.45. The average Bonchev–Trinajstić information content (AvgIpc) is 2.20. The number of ether oxygens (including phenoxy) is 2. The summed E-state index contributed by atoms with van der Waals surface area (Å²) < 4.78 is 17.0. The molecule has 0 radical (unpaired) electrons. The van der Waals surface area contributed by atoms with Gasteiger partial charge in [-0.15, -0.1) is 0 Å². The lowest BCUT2D eigenvalue weighted by Gasteiger charge is -2.45. The summed E-state index contributed by atoms with van der Waals surface area (Å²) in [4.78, 5) is 11.3. The van der Waals surface area contributed by atoms with Crippen LogP contribution in [0.2, 0.25) is 18.1 Å². The molecule has 1 rings (SSSR count). The van der Waals surface area contributed by atoms with Crippen LogP contribution in [0.15, 0.2) is 0 Å². The fraction of sp³-hybridized carbons (Fsp3) is 0.929. The van der Waals surface area contributed by atoms with E-state index < -0.39 is 20.7 Å². The van der Waals surface area contributed by atoms with E-state index in [-0.39, 0.29) is 23.2 Å². The van der Waals surface area contributed by atoms with Gasteiger partial charge in [0.2, 0.25) is 0 Å².